The third-order valence-electron chi connectivity index (χ3n) is 3.96. The molecule has 7 heteroatoms. The molecule has 0 spiro atoms. The molecule has 1 aliphatic rings. The van der Waals surface area contributed by atoms with Crippen LogP contribution in [0.2, 0.25) is 0 Å². The molecule has 0 saturated carbocycles. The molecule has 132 valence electrons. The van der Waals surface area contributed by atoms with E-state index in [4.69, 9.17) is 5.73 Å². The Morgan fingerprint density at radius 1 is 1.39 bits per heavy atom. The minimum absolute atomic E-state index is 0. The van der Waals surface area contributed by atoms with Crippen LogP contribution in [-0.4, -0.2) is 36.6 Å². The predicted octanol–water partition coefficient (Wildman–Crippen LogP) is 2.77. The minimum atomic E-state index is -0.0587. The number of nitrogens with zero attached hydrogens (tertiary/aromatic N) is 2. The number of pyridine rings is 1. The van der Waals surface area contributed by atoms with Gasteiger partial charge in [-0.2, -0.15) is 0 Å². The lowest BCUT2D eigenvalue weighted by atomic mass is 10.1. The normalized spacial score (nSPS) is 14.6. The van der Waals surface area contributed by atoms with Crippen LogP contribution in [0, 0.1) is 0 Å². The van der Waals surface area contributed by atoms with Gasteiger partial charge >= 0.3 is 0 Å². The lowest BCUT2D eigenvalue weighted by Gasteiger charge is -2.21. The van der Waals surface area contributed by atoms with E-state index in [-0.39, 0.29) is 36.8 Å². The molecule has 0 radical (unpaired) electrons. The second-order valence-electron chi connectivity index (χ2n) is 5.62. The second kappa shape index (κ2) is 11.5. The molecular formula is C16H28Cl2N4O. The molecule has 1 saturated heterocycles. The van der Waals surface area contributed by atoms with Gasteiger partial charge < -0.3 is 16.0 Å². The molecule has 1 aromatic rings. The molecular weight excluding hydrogens is 335 g/mol. The Morgan fingerprint density at radius 3 is 2.70 bits per heavy atom. The van der Waals surface area contributed by atoms with Gasteiger partial charge in [-0.25, -0.2) is 4.98 Å². The van der Waals surface area contributed by atoms with Crippen molar-refractivity contribution in [3.8, 4) is 0 Å². The SMILES string of the molecule is CCCCC(CN)NC(=O)c1cccnc1N1CCCC1.Cl.Cl. The summed E-state index contributed by atoms with van der Waals surface area (Å²) in [4.78, 5) is 19.1. The Hall–Kier alpha value is -1.04. The lowest BCUT2D eigenvalue weighted by Crippen LogP contribution is -2.40. The van der Waals surface area contributed by atoms with Gasteiger partial charge in [-0.1, -0.05) is 19.8 Å². The van der Waals surface area contributed by atoms with Gasteiger partial charge in [0.15, 0.2) is 0 Å². The summed E-state index contributed by atoms with van der Waals surface area (Å²) in [5, 5.41) is 3.05. The topological polar surface area (TPSA) is 71.2 Å². The van der Waals surface area contributed by atoms with E-state index in [0.29, 0.717) is 12.1 Å². The van der Waals surface area contributed by atoms with Crippen LogP contribution in [0.4, 0.5) is 5.82 Å². The summed E-state index contributed by atoms with van der Waals surface area (Å²) in [6.45, 7) is 4.58. The fourth-order valence-corrected chi connectivity index (χ4v) is 2.72. The number of aromatic nitrogens is 1. The van der Waals surface area contributed by atoms with Crippen LogP contribution >= 0.6 is 24.8 Å². The third kappa shape index (κ3) is 6.16. The van der Waals surface area contributed by atoms with Gasteiger partial charge in [-0.05, 0) is 31.4 Å². The van der Waals surface area contributed by atoms with Crippen molar-refractivity contribution in [3.05, 3.63) is 23.9 Å². The number of halogens is 2. The first-order chi connectivity index (χ1) is 10.3. The highest BCUT2D eigenvalue weighted by atomic mass is 35.5. The molecule has 1 aliphatic heterocycles. The van der Waals surface area contributed by atoms with Crippen LogP contribution in [-0.2, 0) is 0 Å². The standard InChI is InChI=1S/C16H26N4O.2ClH/c1-2-3-7-13(12-17)19-16(21)14-8-6-9-18-15(14)20-10-4-5-11-20;;/h6,8-9,13H,2-5,7,10-12,17H2,1H3,(H,19,21);2*1H. The van der Waals surface area contributed by atoms with E-state index in [9.17, 15) is 4.79 Å². The largest absolute Gasteiger partial charge is 0.356 e. The molecule has 3 N–H and O–H groups in total. The van der Waals surface area contributed by atoms with E-state index < -0.39 is 0 Å². The second-order valence-corrected chi connectivity index (χ2v) is 5.62. The molecule has 1 aromatic heterocycles. The molecule has 0 aromatic carbocycles. The quantitative estimate of drug-likeness (QED) is 0.782. The highest BCUT2D eigenvalue weighted by molar-refractivity contribution is 5.99. The summed E-state index contributed by atoms with van der Waals surface area (Å²) in [6.07, 6.45) is 7.20. The average molecular weight is 363 g/mol. The number of anilines is 1. The van der Waals surface area contributed by atoms with Gasteiger partial charge in [0.2, 0.25) is 0 Å². The number of unbranched alkanes of at least 4 members (excludes halogenated alkanes) is 1. The maximum absolute atomic E-state index is 12.5. The molecule has 23 heavy (non-hydrogen) atoms. The summed E-state index contributed by atoms with van der Waals surface area (Å²) in [6, 6.07) is 3.71. The molecule has 5 nitrogen and oxygen atoms in total. The summed E-state index contributed by atoms with van der Waals surface area (Å²) >= 11 is 0. The van der Waals surface area contributed by atoms with Crippen LogP contribution in [0.25, 0.3) is 0 Å². The van der Waals surface area contributed by atoms with Gasteiger partial charge in [-0.15, -0.1) is 24.8 Å². The zero-order chi connectivity index (χ0) is 15.1. The minimum Gasteiger partial charge on any atom is -0.356 e. The van der Waals surface area contributed by atoms with Crippen molar-refractivity contribution >= 4 is 36.5 Å². The summed E-state index contributed by atoms with van der Waals surface area (Å²) in [7, 11) is 0. The third-order valence-corrected chi connectivity index (χ3v) is 3.96. The zero-order valence-electron chi connectivity index (χ0n) is 13.7. The van der Waals surface area contributed by atoms with Gasteiger partial charge in [0, 0.05) is 31.9 Å². The number of nitrogens with one attached hydrogen (secondary N) is 1. The van der Waals surface area contributed by atoms with Crippen molar-refractivity contribution in [2.24, 2.45) is 5.73 Å². The molecule has 0 bridgehead atoms. The molecule has 0 aliphatic carbocycles. The molecule has 2 rings (SSSR count). The van der Waals surface area contributed by atoms with Crippen molar-refractivity contribution in [3.63, 3.8) is 0 Å². The van der Waals surface area contributed by atoms with Crippen LogP contribution in [0.5, 0.6) is 0 Å². The van der Waals surface area contributed by atoms with Crippen molar-refractivity contribution in [1.29, 1.82) is 0 Å². The Bertz CT molecular complexity index is 467. The van der Waals surface area contributed by atoms with Crippen molar-refractivity contribution in [1.82, 2.24) is 10.3 Å². The Balaban J connectivity index is 0.00000242. The lowest BCUT2D eigenvalue weighted by molar-refractivity contribution is 0.0936. The van der Waals surface area contributed by atoms with Crippen molar-refractivity contribution < 1.29 is 4.79 Å². The van der Waals surface area contributed by atoms with E-state index in [1.807, 2.05) is 12.1 Å². The first-order valence-electron chi connectivity index (χ1n) is 7.97. The number of carbonyl (C=O) groups is 1. The average Bonchev–Trinajstić information content (AvgIpc) is 3.05. The summed E-state index contributed by atoms with van der Waals surface area (Å²) in [5.74, 6) is 0.746. The number of hydrogen-bond donors (Lipinski definition) is 2. The molecule has 2 heterocycles. The predicted molar refractivity (Wildman–Crippen MR) is 100 cm³/mol. The first-order valence-corrected chi connectivity index (χ1v) is 7.97. The van der Waals surface area contributed by atoms with Gasteiger partial charge in [0.1, 0.15) is 5.82 Å². The fourth-order valence-electron chi connectivity index (χ4n) is 2.72. The highest BCUT2D eigenvalue weighted by Gasteiger charge is 2.21. The van der Waals surface area contributed by atoms with Crippen LogP contribution < -0.4 is 16.0 Å². The Morgan fingerprint density at radius 2 is 2.09 bits per heavy atom. The van der Waals surface area contributed by atoms with E-state index >= 15 is 0 Å². The molecule has 1 unspecified atom stereocenters. The first kappa shape index (κ1) is 22.0. The van der Waals surface area contributed by atoms with Gasteiger partial charge in [0.05, 0.1) is 5.56 Å². The van der Waals surface area contributed by atoms with E-state index in [0.717, 1.165) is 38.2 Å². The Labute approximate surface area is 151 Å². The Kier molecular flexibility index (Phi) is 11.0. The van der Waals surface area contributed by atoms with Crippen LogP contribution in [0.3, 0.4) is 0 Å². The number of rotatable bonds is 7. The maximum atomic E-state index is 12.5. The van der Waals surface area contributed by atoms with E-state index in [1.54, 1.807) is 6.20 Å². The molecule has 1 atom stereocenters. The van der Waals surface area contributed by atoms with Crippen LogP contribution in [0.15, 0.2) is 18.3 Å². The summed E-state index contributed by atoms with van der Waals surface area (Å²) < 4.78 is 0. The number of hydrogen-bond acceptors (Lipinski definition) is 4. The zero-order valence-corrected chi connectivity index (χ0v) is 15.3. The summed E-state index contributed by atoms with van der Waals surface area (Å²) in [5.41, 5.74) is 6.42. The number of amides is 1. The fraction of sp³-hybridized carbons (Fsp3) is 0.625. The van der Waals surface area contributed by atoms with Crippen molar-refractivity contribution in [2.75, 3.05) is 24.5 Å². The highest BCUT2D eigenvalue weighted by Crippen LogP contribution is 2.22. The van der Waals surface area contributed by atoms with E-state index in [1.165, 1.54) is 12.8 Å². The van der Waals surface area contributed by atoms with Gasteiger partial charge in [0.25, 0.3) is 5.91 Å². The monoisotopic (exact) mass is 362 g/mol. The number of nitrogens with two attached hydrogens (primary N) is 1. The van der Waals surface area contributed by atoms with Crippen molar-refractivity contribution in [2.45, 2.75) is 45.1 Å². The molecule has 1 fully saturated rings. The van der Waals surface area contributed by atoms with E-state index in [2.05, 4.69) is 22.1 Å². The smallest absolute Gasteiger partial charge is 0.255 e. The molecule has 1 amide bonds. The van der Waals surface area contributed by atoms with Gasteiger partial charge in [-0.3, -0.25) is 4.79 Å². The van der Waals surface area contributed by atoms with Crippen LogP contribution in [0.1, 0.15) is 49.4 Å². The number of carbonyl (C=O) groups excluding carboxylic acids is 1. The maximum Gasteiger partial charge on any atom is 0.255 e.